The van der Waals surface area contributed by atoms with E-state index in [1.165, 1.54) is 6.07 Å². The fourth-order valence-corrected chi connectivity index (χ4v) is 5.98. The Morgan fingerprint density at radius 2 is 1.66 bits per heavy atom. The van der Waals surface area contributed by atoms with E-state index < -0.39 is 41.9 Å². The number of carboxylic acids is 1. The molecule has 3 heterocycles. The Balaban J connectivity index is 1.44. The van der Waals surface area contributed by atoms with Gasteiger partial charge in [-0.25, -0.2) is 14.5 Å². The summed E-state index contributed by atoms with van der Waals surface area (Å²) in [5, 5.41) is 13.2. The molecule has 3 atom stereocenters. The third kappa shape index (κ3) is 4.25. The number of imide groups is 1. The fourth-order valence-electron chi connectivity index (χ4n) is 5.98. The number of carbonyl (C=O) groups is 4. The summed E-state index contributed by atoms with van der Waals surface area (Å²) in [6.07, 6.45) is 0.325. The molecule has 9 nitrogen and oxygen atoms in total. The largest absolute Gasteiger partial charge is 0.480 e. The molecule has 1 aromatic heterocycles. The molecule has 0 radical (unpaired) electrons. The Morgan fingerprint density at radius 1 is 0.976 bits per heavy atom. The van der Waals surface area contributed by atoms with Gasteiger partial charge in [-0.15, -0.1) is 0 Å². The Morgan fingerprint density at radius 3 is 2.37 bits per heavy atom. The van der Waals surface area contributed by atoms with Gasteiger partial charge >= 0.3 is 12.0 Å². The normalized spacial score (nSPS) is 18.9. The van der Waals surface area contributed by atoms with Crippen molar-refractivity contribution in [2.45, 2.75) is 45.3 Å². The number of amides is 4. The number of nitrogens with zero attached hydrogens (tertiary/aromatic N) is 2. The number of aromatic nitrogens is 1. The van der Waals surface area contributed by atoms with Crippen LogP contribution < -0.4 is 10.2 Å². The number of aliphatic carboxylic acids is 1. The monoisotopic (exact) mass is 550 g/mol. The van der Waals surface area contributed by atoms with Gasteiger partial charge in [-0.1, -0.05) is 74.0 Å². The van der Waals surface area contributed by atoms with E-state index in [1.807, 2.05) is 55.5 Å². The second kappa shape index (κ2) is 9.92. The quantitative estimate of drug-likeness (QED) is 0.298. The van der Waals surface area contributed by atoms with E-state index in [1.54, 1.807) is 36.9 Å². The zero-order valence-electron chi connectivity index (χ0n) is 22.9. The number of hydrogen-bond donors (Lipinski definition) is 3. The van der Waals surface area contributed by atoms with E-state index in [9.17, 15) is 24.3 Å². The number of carbonyl (C=O) groups excluding carboxylic acids is 3. The van der Waals surface area contributed by atoms with E-state index in [-0.39, 0.29) is 17.2 Å². The van der Waals surface area contributed by atoms with Gasteiger partial charge in [0, 0.05) is 23.0 Å². The summed E-state index contributed by atoms with van der Waals surface area (Å²) < 4.78 is 0. The molecule has 2 aliphatic heterocycles. The summed E-state index contributed by atoms with van der Waals surface area (Å²) in [7, 11) is 0. The van der Waals surface area contributed by atoms with Crippen LogP contribution in [-0.2, 0) is 16.0 Å². The van der Waals surface area contributed by atoms with Crippen LogP contribution in [0.2, 0.25) is 0 Å². The van der Waals surface area contributed by atoms with E-state index in [0.29, 0.717) is 6.42 Å². The van der Waals surface area contributed by atoms with Gasteiger partial charge in [-0.05, 0) is 42.2 Å². The maximum atomic E-state index is 14.2. The summed E-state index contributed by atoms with van der Waals surface area (Å²) in [6.45, 7) is 5.38. The van der Waals surface area contributed by atoms with Gasteiger partial charge in [0.2, 0.25) is 0 Å². The van der Waals surface area contributed by atoms with Gasteiger partial charge in [-0.3, -0.25) is 14.5 Å². The average molecular weight is 551 g/mol. The van der Waals surface area contributed by atoms with Crippen molar-refractivity contribution in [2.24, 2.45) is 5.92 Å². The molecule has 4 aromatic rings. The first-order valence-corrected chi connectivity index (χ1v) is 13.6. The van der Waals surface area contributed by atoms with Crippen molar-refractivity contribution in [2.75, 3.05) is 4.90 Å². The summed E-state index contributed by atoms with van der Waals surface area (Å²) in [5.74, 6) is -2.63. The molecule has 6 rings (SSSR count). The highest BCUT2D eigenvalue weighted by atomic mass is 16.4. The van der Waals surface area contributed by atoms with Crippen LogP contribution >= 0.6 is 0 Å². The molecule has 4 amide bonds. The van der Waals surface area contributed by atoms with Gasteiger partial charge in [0.1, 0.15) is 18.1 Å². The van der Waals surface area contributed by atoms with Crippen LogP contribution in [0, 0.1) is 12.8 Å². The van der Waals surface area contributed by atoms with Gasteiger partial charge in [0.25, 0.3) is 11.8 Å². The molecule has 0 saturated carbocycles. The van der Waals surface area contributed by atoms with Crippen LogP contribution in [0.25, 0.3) is 10.9 Å². The highest BCUT2D eigenvalue weighted by Crippen LogP contribution is 2.45. The molecule has 208 valence electrons. The third-order valence-corrected chi connectivity index (χ3v) is 8.05. The van der Waals surface area contributed by atoms with Crippen molar-refractivity contribution < 1.29 is 24.3 Å². The SMILES string of the molecule is Cc1ccc([C@H]2c3[nH]c4ccccc4c3C[C@H]3C(=O)N(c4ccccc4C(=O)N[C@H](C(=O)O)C(C)C)C(=O)N23)cc1. The Labute approximate surface area is 236 Å². The number of aryl methyl sites for hydroxylation is 1. The summed E-state index contributed by atoms with van der Waals surface area (Å²) in [4.78, 5) is 59.6. The number of H-pyrrole nitrogens is 1. The lowest BCUT2D eigenvalue weighted by atomic mass is 9.88. The Bertz CT molecular complexity index is 1710. The highest BCUT2D eigenvalue weighted by Gasteiger charge is 2.53. The van der Waals surface area contributed by atoms with Crippen molar-refractivity contribution in [3.05, 3.63) is 101 Å². The molecule has 9 heteroatoms. The Hall–Kier alpha value is -4.92. The number of aromatic amines is 1. The number of rotatable bonds is 6. The number of para-hydroxylation sites is 2. The highest BCUT2D eigenvalue weighted by molar-refractivity contribution is 6.24. The van der Waals surface area contributed by atoms with E-state index in [4.69, 9.17) is 0 Å². The van der Waals surface area contributed by atoms with Crippen molar-refractivity contribution in [3.8, 4) is 0 Å². The lowest BCUT2D eigenvalue weighted by Crippen LogP contribution is -2.45. The number of fused-ring (bicyclic) bond motifs is 4. The first-order chi connectivity index (χ1) is 19.7. The molecule has 0 unspecified atom stereocenters. The van der Waals surface area contributed by atoms with Crippen molar-refractivity contribution >= 4 is 40.4 Å². The minimum Gasteiger partial charge on any atom is -0.480 e. The zero-order chi connectivity index (χ0) is 29.0. The van der Waals surface area contributed by atoms with Gasteiger partial charge < -0.3 is 15.4 Å². The van der Waals surface area contributed by atoms with E-state index in [0.717, 1.165) is 38.2 Å². The molecular formula is C32H30N4O5. The first-order valence-electron chi connectivity index (χ1n) is 13.6. The lowest BCUT2D eigenvalue weighted by molar-refractivity contribution is -0.140. The standard InChI is InChI=1S/C32H30N4O5/c1-17(2)26(31(39)40)34-29(37)21-9-5-7-11-24(21)36-30(38)25-16-22-20-8-4-6-10-23(20)33-27(22)28(35(25)32(36)41)19-14-12-18(3)13-15-19/h4-15,17,25-26,28,33H,16H2,1-3H3,(H,34,37)(H,39,40)/t25-,26-,28-/m0/s1. The molecular weight excluding hydrogens is 520 g/mol. The number of anilines is 1. The molecule has 3 aromatic carbocycles. The minimum absolute atomic E-state index is 0.0526. The van der Waals surface area contributed by atoms with Gasteiger partial charge in [0.05, 0.1) is 11.3 Å². The van der Waals surface area contributed by atoms with Crippen LogP contribution in [0.15, 0.2) is 72.8 Å². The molecule has 0 bridgehead atoms. The maximum Gasteiger partial charge on any atom is 0.332 e. The van der Waals surface area contributed by atoms with Crippen molar-refractivity contribution in [1.29, 1.82) is 0 Å². The smallest absolute Gasteiger partial charge is 0.332 e. The zero-order valence-corrected chi connectivity index (χ0v) is 22.9. The minimum atomic E-state index is -1.16. The van der Waals surface area contributed by atoms with Crippen LogP contribution in [0.5, 0.6) is 0 Å². The van der Waals surface area contributed by atoms with Crippen LogP contribution in [0.4, 0.5) is 10.5 Å². The average Bonchev–Trinajstić information content (AvgIpc) is 3.45. The number of hydrogen-bond acceptors (Lipinski definition) is 4. The predicted molar refractivity (Wildman–Crippen MR) is 154 cm³/mol. The second-order valence-electron chi connectivity index (χ2n) is 11.0. The molecule has 3 N–H and O–H groups in total. The lowest BCUT2D eigenvalue weighted by Gasteiger charge is -2.36. The second-order valence-corrected chi connectivity index (χ2v) is 11.0. The third-order valence-electron chi connectivity index (χ3n) is 8.05. The Kier molecular flexibility index (Phi) is 6.37. The number of urea groups is 1. The first kappa shape index (κ1) is 26.3. The fraction of sp³-hybridized carbons (Fsp3) is 0.250. The number of carboxylic acid groups (broad SMARTS) is 1. The van der Waals surface area contributed by atoms with E-state index in [2.05, 4.69) is 10.3 Å². The molecule has 41 heavy (non-hydrogen) atoms. The summed E-state index contributed by atoms with van der Waals surface area (Å²) in [6, 6.07) is 19.1. The van der Waals surface area contributed by atoms with E-state index >= 15 is 0 Å². The number of benzene rings is 3. The van der Waals surface area contributed by atoms with Gasteiger partial charge in [-0.2, -0.15) is 0 Å². The molecule has 0 spiro atoms. The molecule has 2 aliphatic rings. The van der Waals surface area contributed by atoms with Crippen LogP contribution in [0.1, 0.15) is 52.6 Å². The topological polar surface area (TPSA) is 123 Å². The van der Waals surface area contributed by atoms with Crippen LogP contribution in [-0.4, -0.2) is 50.9 Å². The molecule has 1 saturated heterocycles. The maximum absolute atomic E-state index is 14.2. The predicted octanol–water partition coefficient (Wildman–Crippen LogP) is 4.80. The summed E-state index contributed by atoms with van der Waals surface area (Å²) >= 11 is 0. The molecule has 1 fully saturated rings. The van der Waals surface area contributed by atoms with Gasteiger partial charge in [0.15, 0.2) is 0 Å². The van der Waals surface area contributed by atoms with Crippen molar-refractivity contribution in [3.63, 3.8) is 0 Å². The molecule has 0 aliphatic carbocycles. The number of nitrogens with one attached hydrogen (secondary N) is 2. The van der Waals surface area contributed by atoms with Crippen LogP contribution in [0.3, 0.4) is 0 Å². The summed E-state index contributed by atoms with van der Waals surface area (Å²) in [5.41, 5.74) is 4.90. The van der Waals surface area contributed by atoms with Crippen molar-refractivity contribution in [1.82, 2.24) is 15.2 Å².